The largest absolute Gasteiger partial charge is 0.232 e. The van der Waals surface area contributed by atoms with Gasteiger partial charge in [0, 0.05) is 6.72 Å². The molecule has 0 atom stereocenters. The first-order valence-corrected chi connectivity index (χ1v) is 4.30. The van der Waals surface area contributed by atoms with Crippen LogP contribution in [0.1, 0.15) is 37.0 Å². The molecule has 0 unspecified atom stereocenters. The fourth-order valence-corrected chi connectivity index (χ4v) is 1.50. The van der Waals surface area contributed by atoms with Crippen LogP contribution in [0.4, 0.5) is 0 Å². The number of hydrogen-bond acceptors (Lipinski definition) is 2. The van der Waals surface area contributed by atoms with Crippen molar-refractivity contribution in [3.05, 3.63) is 23.8 Å². The lowest BCUT2D eigenvalue weighted by atomic mass is 10.1. The third kappa shape index (κ3) is 1.54. The van der Waals surface area contributed by atoms with Crippen molar-refractivity contribution in [2.75, 3.05) is 0 Å². The van der Waals surface area contributed by atoms with Gasteiger partial charge in [0.2, 0.25) is 0 Å². The van der Waals surface area contributed by atoms with E-state index in [1.54, 1.807) is 10.8 Å². The molecule has 3 nitrogen and oxygen atoms in total. The number of aryl methyl sites for hydroxylation is 1. The standard InChI is InChI=1S/C10H15N3/c1-6-9-12-8(4)10(7(2)3)13(9)11-5/h6-7H,1,5H2,2-4H3. The minimum atomic E-state index is 0.395. The van der Waals surface area contributed by atoms with Gasteiger partial charge in [-0.15, -0.1) is 0 Å². The van der Waals surface area contributed by atoms with Crippen LogP contribution < -0.4 is 0 Å². The number of imidazole rings is 1. The van der Waals surface area contributed by atoms with Gasteiger partial charge in [0.25, 0.3) is 0 Å². The van der Waals surface area contributed by atoms with Gasteiger partial charge in [-0.25, -0.2) is 9.66 Å². The van der Waals surface area contributed by atoms with Crippen molar-refractivity contribution in [1.29, 1.82) is 0 Å². The molecule has 13 heavy (non-hydrogen) atoms. The molecule has 1 heterocycles. The molecule has 0 aliphatic rings. The van der Waals surface area contributed by atoms with Gasteiger partial charge >= 0.3 is 0 Å². The summed E-state index contributed by atoms with van der Waals surface area (Å²) in [4.78, 5) is 4.33. The van der Waals surface area contributed by atoms with Gasteiger partial charge < -0.3 is 0 Å². The van der Waals surface area contributed by atoms with E-state index < -0.39 is 0 Å². The van der Waals surface area contributed by atoms with Crippen molar-refractivity contribution >= 4 is 12.8 Å². The summed E-state index contributed by atoms with van der Waals surface area (Å²) in [5.74, 6) is 1.16. The van der Waals surface area contributed by atoms with Gasteiger partial charge in [-0.2, -0.15) is 5.10 Å². The van der Waals surface area contributed by atoms with Crippen LogP contribution in [-0.4, -0.2) is 16.4 Å². The minimum Gasteiger partial charge on any atom is -0.232 e. The Morgan fingerprint density at radius 3 is 2.54 bits per heavy atom. The molecule has 0 aliphatic heterocycles. The molecule has 0 amide bonds. The molecule has 70 valence electrons. The molecular weight excluding hydrogens is 162 g/mol. The average Bonchev–Trinajstić information content (AvgIpc) is 2.41. The highest BCUT2D eigenvalue weighted by molar-refractivity contribution is 5.41. The number of aromatic nitrogens is 2. The van der Waals surface area contributed by atoms with Gasteiger partial charge in [0.15, 0.2) is 5.82 Å². The molecule has 0 saturated carbocycles. The summed E-state index contributed by atoms with van der Waals surface area (Å²) in [5, 5.41) is 3.92. The molecule has 0 aliphatic carbocycles. The summed E-state index contributed by atoms with van der Waals surface area (Å²) >= 11 is 0. The highest BCUT2D eigenvalue weighted by Crippen LogP contribution is 2.20. The van der Waals surface area contributed by atoms with E-state index in [1.807, 2.05) is 6.92 Å². The van der Waals surface area contributed by atoms with Crippen LogP contribution in [0.15, 0.2) is 11.7 Å². The van der Waals surface area contributed by atoms with E-state index in [1.165, 1.54) is 0 Å². The maximum Gasteiger partial charge on any atom is 0.153 e. The maximum absolute atomic E-state index is 4.33. The monoisotopic (exact) mass is 177 g/mol. The molecule has 0 saturated heterocycles. The summed E-state index contributed by atoms with van der Waals surface area (Å²) in [6.45, 7) is 13.4. The molecule has 0 radical (unpaired) electrons. The lowest BCUT2D eigenvalue weighted by Crippen LogP contribution is -2.00. The SMILES string of the molecule is C=Cc1nc(C)c(C(C)C)n1N=C. The average molecular weight is 177 g/mol. The Kier molecular flexibility index (Phi) is 2.66. The van der Waals surface area contributed by atoms with E-state index in [0.717, 1.165) is 17.2 Å². The predicted octanol–water partition coefficient (Wildman–Crippen LogP) is 2.42. The maximum atomic E-state index is 4.33. The van der Waals surface area contributed by atoms with Gasteiger partial charge in [-0.05, 0) is 18.9 Å². The third-order valence-corrected chi connectivity index (χ3v) is 1.97. The lowest BCUT2D eigenvalue weighted by molar-refractivity contribution is 0.720. The van der Waals surface area contributed by atoms with Gasteiger partial charge in [0.1, 0.15) is 0 Å². The van der Waals surface area contributed by atoms with Crippen molar-refractivity contribution in [3.8, 4) is 0 Å². The van der Waals surface area contributed by atoms with Crippen LogP contribution >= 0.6 is 0 Å². The van der Waals surface area contributed by atoms with Crippen molar-refractivity contribution < 1.29 is 0 Å². The van der Waals surface area contributed by atoms with Crippen molar-refractivity contribution in [1.82, 2.24) is 9.66 Å². The minimum absolute atomic E-state index is 0.395. The zero-order valence-corrected chi connectivity index (χ0v) is 8.41. The summed E-state index contributed by atoms with van der Waals surface area (Å²) < 4.78 is 1.74. The third-order valence-electron chi connectivity index (χ3n) is 1.97. The van der Waals surface area contributed by atoms with E-state index in [0.29, 0.717) is 5.92 Å². The second-order valence-corrected chi connectivity index (χ2v) is 3.25. The number of rotatable bonds is 3. The molecule has 1 aromatic rings. The zero-order chi connectivity index (χ0) is 10.0. The fraction of sp³-hybridized carbons (Fsp3) is 0.400. The van der Waals surface area contributed by atoms with Crippen LogP contribution in [0.3, 0.4) is 0 Å². The Hall–Kier alpha value is -1.38. The van der Waals surface area contributed by atoms with Gasteiger partial charge in [0.05, 0.1) is 11.4 Å². The van der Waals surface area contributed by atoms with E-state index in [4.69, 9.17) is 0 Å². The van der Waals surface area contributed by atoms with E-state index in [2.05, 4.69) is 37.2 Å². The van der Waals surface area contributed by atoms with Crippen LogP contribution in [0.25, 0.3) is 6.08 Å². The Balaban J connectivity index is 3.39. The number of hydrogen-bond donors (Lipinski definition) is 0. The highest BCUT2D eigenvalue weighted by atomic mass is 15.4. The quantitative estimate of drug-likeness (QED) is 0.652. The van der Waals surface area contributed by atoms with Crippen molar-refractivity contribution in [2.24, 2.45) is 5.10 Å². The second-order valence-electron chi connectivity index (χ2n) is 3.25. The Morgan fingerprint density at radius 2 is 2.15 bits per heavy atom. The normalized spacial score (nSPS) is 10.5. The van der Waals surface area contributed by atoms with E-state index in [9.17, 15) is 0 Å². The summed E-state index contributed by atoms with van der Waals surface area (Å²) in [7, 11) is 0. The molecule has 0 N–H and O–H groups in total. The van der Waals surface area contributed by atoms with Gasteiger partial charge in [-0.1, -0.05) is 20.4 Å². The van der Waals surface area contributed by atoms with Crippen LogP contribution in [0, 0.1) is 6.92 Å². The van der Waals surface area contributed by atoms with Crippen molar-refractivity contribution in [2.45, 2.75) is 26.7 Å². The second kappa shape index (κ2) is 3.56. The van der Waals surface area contributed by atoms with Crippen LogP contribution in [0.5, 0.6) is 0 Å². The topological polar surface area (TPSA) is 30.2 Å². The molecule has 0 spiro atoms. The molecule has 1 rings (SSSR count). The Labute approximate surface area is 78.8 Å². The zero-order valence-electron chi connectivity index (χ0n) is 8.41. The predicted molar refractivity (Wildman–Crippen MR) is 56.1 cm³/mol. The van der Waals surface area contributed by atoms with Crippen molar-refractivity contribution in [3.63, 3.8) is 0 Å². The van der Waals surface area contributed by atoms with Crippen LogP contribution in [0.2, 0.25) is 0 Å². The van der Waals surface area contributed by atoms with Crippen LogP contribution in [-0.2, 0) is 0 Å². The Morgan fingerprint density at radius 1 is 1.54 bits per heavy atom. The summed E-state index contributed by atoms with van der Waals surface area (Å²) in [6, 6.07) is 0. The fourth-order valence-electron chi connectivity index (χ4n) is 1.50. The molecule has 1 aromatic heterocycles. The van der Waals surface area contributed by atoms with E-state index in [-0.39, 0.29) is 0 Å². The molecule has 0 bridgehead atoms. The molecule has 3 heteroatoms. The first-order valence-electron chi connectivity index (χ1n) is 4.30. The molecular formula is C10H15N3. The summed E-state index contributed by atoms with van der Waals surface area (Å²) in [6.07, 6.45) is 1.69. The van der Waals surface area contributed by atoms with Gasteiger partial charge in [-0.3, -0.25) is 0 Å². The Bertz CT molecular complexity index is 334. The first-order chi connectivity index (χ1) is 6.11. The van der Waals surface area contributed by atoms with E-state index >= 15 is 0 Å². The first kappa shape index (κ1) is 9.71. The lowest BCUT2D eigenvalue weighted by Gasteiger charge is -2.07. The molecule has 0 aromatic carbocycles. The molecule has 0 fully saturated rings. The smallest absolute Gasteiger partial charge is 0.153 e. The summed E-state index contributed by atoms with van der Waals surface area (Å²) in [5.41, 5.74) is 2.10. The highest BCUT2D eigenvalue weighted by Gasteiger charge is 2.14. The number of nitrogens with zero attached hydrogens (tertiary/aromatic N) is 3.